The molecule has 0 radical (unpaired) electrons. The minimum Gasteiger partial charge on any atom is -0.342 e. The first-order valence-corrected chi connectivity index (χ1v) is 10.0. The summed E-state index contributed by atoms with van der Waals surface area (Å²) >= 11 is 0. The van der Waals surface area contributed by atoms with E-state index in [-0.39, 0.29) is 17.5 Å². The van der Waals surface area contributed by atoms with Crippen molar-refractivity contribution >= 4 is 11.9 Å². The number of rotatable bonds is 1. The van der Waals surface area contributed by atoms with Gasteiger partial charge in [0, 0.05) is 45.3 Å². The lowest BCUT2D eigenvalue weighted by molar-refractivity contribution is -0.130. The standard InChI is InChI=1S/C18H31N5O2/c24-16-18(23(14-20-16)15-4-2-1-3-5-15)6-10-21(11-7-18)17(25)22-12-8-19-9-13-22/h15,19H,1-14H2,(H,20,24). The van der Waals surface area contributed by atoms with Crippen LogP contribution >= 0.6 is 0 Å². The van der Waals surface area contributed by atoms with E-state index in [0.29, 0.717) is 25.8 Å². The summed E-state index contributed by atoms with van der Waals surface area (Å²) in [4.78, 5) is 31.8. The molecule has 4 aliphatic rings. The molecule has 1 saturated carbocycles. The second kappa shape index (κ2) is 7.11. The molecular formula is C18H31N5O2. The molecular weight excluding hydrogens is 318 g/mol. The zero-order valence-corrected chi connectivity index (χ0v) is 15.1. The van der Waals surface area contributed by atoms with E-state index in [1.165, 1.54) is 32.1 Å². The van der Waals surface area contributed by atoms with Crippen LogP contribution in [0.25, 0.3) is 0 Å². The van der Waals surface area contributed by atoms with Crippen molar-refractivity contribution in [3.63, 3.8) is 0 Å². The van der Waals surface area contributed by atoms with Crippen LogP contribution in [0.15, 0.2) is 0 Å². The predicted molar refractivity (Wildman–Crippen MR) is 95.1 cm³/mol. The lowest BCUT2D eigenvalue weighted by Crippen LogP contribution is -2.61. The van der Waals surface area contributed by atoms with Gasteiger partial charge in [0.15, 0.2) is 0 Å². The van der Waals surface area contributed by atoms with E-state index in [9.17, 15) is 9.59 Å². The number of carbonyl (C=O) groups excluding carboxylic acids is 2. The Hall–Kier alpha value is -1.34. The molecule has 7 nitrogen and oxygen atoms in total. The average molecular weight is 349 g/mol. The normalized spacial score (nSPS) is 28.4. The maximum atomic E-state index is 12.7. The van der Waals surface area contributed by atoms with Crippen LogP contribution < -0.4 is 10.6 Å². The number of amides is 3. The van der Waals surface area contributed by atoms with Gasteiger partial charge in [0.1, 0.15) is 5.54 Å². The molecule has 0 unspecified atom stereocenters. The van der Waals surface area contributed by atoms with Gasteiger partial charge >= 0.3 is 6.03 Å². The molecule has 1 aliphatic carbocycles. The Morgan fingerprint density at radius 3 is 2.28 bits per heavy atom. The Kier molecular flexibility index (Phi) is 4.86. The van der Waals surface area contributed by atoms with Crippen molar-refractivity contribution in [1.82, 2.24) is 25.3 Å². The molecule has 0 aromatic carbocycles. The monoisotopic (exact) mass is 349 g/mol. The molecule has 25 heavy (non-hydrogen) atoms. The van der Waals surface area contributed by atoms with Crippen molar-refractivity contribution in [1.29, 1.82) is 0 Å². The number of carbonyl (C=O) groups is 2. The summed E-state index contributed by atoms with van der Waals surface area (Å²) in [5.41, 5.74) is -0.373. The molecule has 4 fully saturated rings. The quantitative estimate of drug-likeness (QED) is 0.726. The number of piperidine rings is 1. The van der Waals surface area contributed by atoms with Crippen molar-refractivity contribution in [3.05, 3.63) is 0 Å². The molecule has 3 aliphatic heterocycles. The fraction of sp³-hybridized carbons (Fsp3) is 0.889. The highest BCUT2D eigenvalue weighted by Gasteiger charge is 2.52. The van der Waals surface area contributed by atoms with Crippen molar-refractivity contribution in [3.8, 4) is 0 Å². The van der Waals surface area contributed by atoms with Crippen LogP contribution in [0.2, 0.25) is 0 Å². The number of nitrogens with zero attached hydrogens (tertiary/aromatic N) is 3. The summed E-state index contributed by atoms with van der Waals surface area (Å²) in [5, 5.41) is 6.39. The van der Waals surface area contributed by atoms with E-state index in [1.807, 2.05) is 9.80 Å². The highest BCUT2D eigenvalue weighted by atomic mass is 16.2. The summed E-state index contributed by atoms with van der Waals surface area (Å²) < 4.78 is 0. The van der Waals surface area contributed by atoms with Gasteiger partial charge in [-0.3, -0.25) is 9.69 Å². The first-order chi connectivity index (χ1) is 12.2. The van der Waals surface area contributed by atoms with Gasteiger partial charge in [0.25, 0.3) is 0 Å². The minimum atomic E-state index is -0.373. The molecule has 1 spiro atoms. The second-order valence-electron chi connectivity index (χ2n) is 7.96. The van der Waals surface area contributed by atoms with Crippen LogP contribution in [-0.4, -0.2) is 84.2 Å². The molecule has 140 valence electrons. The Labute approximate surface area is 150 Å². The molecule has 3 saturated heterocycles. The van der Waals surface area contributed by atoms with E-state index in [1.54, 1.807) is 0 Å². The van der Waals surface area contributed by atoms with E-state index in [4.69, 9.17) is 0 Å². The second-order valence-corrected chi connectivity index (χ2v) is 7.96. The third-order valence-corrected chi connectivity index (χ3v) is 6.65. The highest BCUT2D eigenvalue weighted by Crippen LogP contribution is 2.37. The lowest BCUT2D eigenvalue weighted by atomic mass is 9.83. The van der Waals surface area contributed by atoms with Gasteiger partial charge in [0.05, 0.1) is 6.67 Å². The van der Waals surface area contributed by atoms with Crippen LogP contribution in [0.1, 0.15) is 44.9 Å². The van der Waals surface area contributed by atoms with Gasteiger partial charge in [0.2, 0.25) is 5.91 Å². The number of hydrogen-bond donors (Lipinski definition) is 2. The van der Waals surface area contributed by atoms with Crippen molar-refractivity contribution in [2.75, 3.05) is 45.9 Å². The van der Waals surface area contributed by atoms with E-state index < -0.39 is 0 Å². The number of urea groups is 1. The van der Waals surface area contributed by atoms with Crippen molar-refractivity contribution in [2.24, 2.45) is 0 Å². The summed E-state index contributed by atoms with van der Waals surface area (Å²) in [5.74, 6) is 0.187. The summed E-state index contributed by atoms with van der Waals surface area (Å²) in [6.07, 6.45) is 7.84. The largest absolute Gasteiger partial charge is 0.342 e. The smallest absolute Gasteiger partial charge is 0.320 e. The molecule has 2 N–H and O–H groups in total. The van der Waals surface area contributed by atoms with Gasteiger partial charge in [-0.25, -0.2) is 4.79 Å². The summed E-state index contributed by atoms with van der Waals surface area (Å²) in [7, 11) is 0. The van der Waals surface area contributed by atoms with Crippen LogP contribution in [0.3, 0.4) is 0 Å². The maximum absolute atomic E-state index is 12.7. The first kappa shape index (κ1) is 17.1. The van der Waals surface area contributed by atoms with Crippen LogP contribution in [0.4, 0.5) is 4.79 Å². The van der Waals surface area contributed by atoms with Gasteiger partial charge in [-0.15, -0.1) is 0 Å². The topological polar surface area (TPSA) is 67.9 Å². The van der Waals surface area contributed by atoms with Crippen molar-refractivity contribution < 1.29 is 9.59 Å². The van der Waals surface area contributed by atoms with Crippen molar-refractivity contribution in [2.45, 2.75) is 56.5 Å². The molecule has 4 rings (SSSR count). The predicted octanol–water partition coefficient (Wildman–Crippen LogP) is 0.568. The molecule has 3 amide bonds. The van der Waals surface area contributed by atoms with Gasteiger partial charge in [-0.05, 0) is 25.7 Å². The lowest BCUT2D eigenvalue weighted by Gasteiger charge is -2.47. The number of piperazine rings is 1. The fourth-order valence-corrected chi connectivity index (χ4v) is 5.11. The molecule has 0 atom stereocenters. The fourth-order valence-electron chi connectivity index (χ4n) is 5.11. The zero-order valence-electron chi connectivity index (χ0n) is 15.1. The SMILES string of the molecule is O=C(N1CCNCC1)N1CCC2(CC1)C(=O)NCN2C1CCCCC1. The molecule has 0 bridgehead atoms. The number of nitrogens with one attached hydrogen (secondary N) is 2. The Balaban J connectivity index is 1.41. The summed E-state index contributed by atoms with van der Waals surface area (Å²) in [6.45, 7) is 5.40. The van der Waals surface area contributed by atoms with Gasteiger partial charge in [-0.1, -0.05) is 19.3 Å². The average Bonchev–Trinajstić information content (AvgIpc) is 2.99. The molecule has 0 aromatic rings. The van der Waals surface area contributed by atoms with Crippen LogP contribution in [-0.2, 0) is 4.79 Å². The Morgan fingerprint density at radius 1 is 0.960 bits per heavy atom. The van der Waals surface area contributed by atoms with Crippen LogP contribution in [0, 0.1) is 0 Å². The minimum absolute atomic E-state index is 0.152. The Morgan fingerprint density at radius 2 is 1.60 bits per heavy atom. The molecule has 0 aromatic heterocycles. The highest BCUT2D eigenvalue weighted by molar-refractivity contribution is 5.88. The number of hydrogen-bond acceptors (Lipinski definition) is 4. The third kappa shape index (κ3) is 3.12. The van der Waals surface area contributed by atoms with Gasteiger partial charge < -0.3 is 20.4 Å². The van der Waals surface area contributed by atoms with E-state index in [0.717, 1.165) is 39.0 Å². The number of likely N-dealkylation sites (tertiary alicyclic amines) is 1. The summed E-state index contributed by atoms with van der Waals surface area (Å²) in [6, 6.07) is 0.682. The third-order valence-electron chi connectivity index (χ3n) is 6.65. The zero-order chi connectivity index (χ0) is 17.3. The first-order valence-electron chi connectivity index (χ1n) is 10.0. The molecule has 3 heterocycles. The van der Waals surface area contributed by atoms with E-state index in [2.05, 4.69) is 15.5 Å². The molecule has 7 heteroatoms. The van der Waals surface area contributed by atoms with Crippen LogP contribution in [0.5, 0.6) is 0 Å². The van der Waals surface area contributed by atoms with E-state index >= 15 is 0 Å². The Bertz CT molecular complexity index is 506. The maximum Gasteiger partial charge on any atom is 0.320 e. The van der Waals surface area contributed by atoms with Gasteiger partial charge in [-0.2, -0.15) is 0 Å².